The molecule has 8 heteroatoms. The Morgan fingerprint density at radius 3 is 2.54 bits per heavy atom. The molecule has 0 aliphatic rings. The van der Waals surface area contributed by atoms with Crippen molar-refractivity contribution >= 4 is 17.8 Å². The molecule has 0 saturated carbocycles. The predicted octanol–water partition coefficient (Wildman–Crippen LogP) is 1.59. The first kappa shape index (κ1) is 20.8. The van der Waals surface area contributed by atoms with Crippen molar-refractivity contribution in [3.8, 4) is 11.5 Å². The Morgan fingerprint density at radius 1 is 1.00 bits per heavy atom. The summed E-state index contributed by atoms with van der Waals surface area (Å²) in [7, 11) is 0. The highest BCUT2D eigenvalue weighted by atomic mass is 16.5. The van der Waals surface area contributed by atoms with E-state index in [1.165, 1.54) is 0 Å². The van der Waals surface area contributed by atoms with Gasteiger partial charge in [-0.2, -0.15) is 0 Å². The number of carboxylic acids is 1. The van der Waals surface area contributed by atoms with Crippen LogP contribution in [0.5, 0.6) is 11.5 Å². The molecule has 0 heterocycles. The Kier molecular flexibility index (Phi) is 7.83. The Hall–Kier alpha value is -3.55. The summed E-state index contributed by atoms with van der Waals surface area (Å²) in [5, 5.41) is 13.9. The molecule has 0 fully saturated rings. The summed E-state index contributed by atoms with van der Waals surface area (Å²) in [4.78, 5) is 34.8. The van der Waals surface area contributed by atoms with Crippen molar-refractivity contribution in [3.63, 3.8) is 0 Å². The lowest BCUT2D eigenvalue weighted by molar-refractivity contribution is -0.139. The molecule has 3 N–H and O–H groups in total. The lowest BCUT2D eigenvalue weighted by Crippen LogP contribution is -2.36. The van der Waals surface area contributed by atoms with E-state index in [4.69, 9.17) is 14.6 Å². The first-order valence-electron chi connectivity index (χ1n) is 8.70. The molecular formula is C20H22N2O6. The minimum absolute atomic E-state index is 0.186. The van der Waals surface area contributed by atoms with E-state index in [1.807, 2.05) is 6.92 Å². The monoisotopic (exact) mass is 386 g/mol. The van der Waals surface area contributed by atoms with Crippen molar-refractivity contribution in [2.75, 3.05) is 19.8 Å². The molecule has 0 radical (unpaired) electrons. The van der Waals surface area contributed by atoms with E-state index in [2.05, 4.69) is 10.6 Å². The van der Waals surface area contributed by atoms with Gasteiger partial charge in [-0.25, -0.2) is 4.79 Å². The van der Waals surface area contributed by atoms with E-state index in [9.17, 15) is 14.4 Å². The van der Waals surface area contributed by atoms with E-state index in [0.29, 0.717) is 23.7 Å². The summed E-state index contributed by atoms with van der Waals surface area (Å²) in [5.74, 6) is -0.973. The Balaban J connectivity index is 1.82. The second-order valence-corrected chi connectivity index (χ2v) is 5.72. The summed E-state index contributed by atoms with van der Waals surface area (Å²) < 4.78 is 10.5. The molecule has 0 saturated heterocycles. The molecule has 0 unspecified atom stereocenters. The van der Waals surface area contributed by atoms with Gasteiger partial charge in [-0.05, 0) is 36.8 Å². The standard InChI is InChI=1S/C20H22N2O6/c1-2-27-17-9-4-3-8-16(17)20(26)22-12-18(23)21-11-14-6-5-7-15(10-14)28-13-19(24)25/h3-10H,2,11-13H2,1H3,(H,21,23)(H,22,26)(H,24,25). The maximum atomic E-state index is 12.3. The van der Waals surface area contributed by atoms with Crippen LogP contribution < -0.4 is 20.1 Å². The van der Waals surface area contributed by atoms with Gasteiger partial charge in [-0.3, -0.25) is 9.59 Å². The van der Waals surface area contributed by atoms with Crippen LogP contribution in [0.15, 0.2) is 48.5 Å². The summed E-state index contributed by atoms with van der Waals surface area (Å²) >= 11 is 0. The SMILES string of the molecule is CCOc1ccccc1C(=O)NCC(=O)NCc1cccc(OCC(=O)O)c1. The van der Waals surface area contributed by atoms with E-state index >= 15 is 0 Å². The Bertz CT molecular complexity index is 837. The number of nitrogens with one attached hydrogen (secondary N) is 2. The number of aliphatic carboxylic acids is 1. The van der Waals surface area contributed by atoms with E-state index in [-0.39, 0.29) is 19.0 Å². The fourth-order valence-corrected chi connectivity index (χ4v) is 2.34. The molecule has 0 aromatic heterocycles. The zero-order valence-corrected chi connectivity index (χ0v) is 15.4. The number of para-hydroxylation sites is 1. The molecule has 0 spiro atoms. The highest BCUT2D eigenvalue weighted by Crippen LogP contribution is 2.17. The molecule has 2 amide bonds. The minimum atomic E-state index is -1.07. The number of rotatable bonds is 10. The first-order valence-corrected chi connectivity index (χ1v) is 8.70. The quantitative estimate of drug-likeness (QED) is 0.571. The van der Waals surface area contributed by atoms with E-state index < -0.39 is 18.5 Å². The zero-order chi connectivity index (χ0) is 20.4. The molecule has 2 aromatic carbocycles. The largest absolute Gasteiger partial charge is 0.493 e. The summed E-state index contributed by atoms with van der Waals surface area (Å²) in [6, 6.07) is 13.5. The molecule has 28 heavy (non-hydrogen) atoms. The van der Waals surface area contributed by atoms with Crippen molar-refractivity contribution in [3.05, 3.63) is 59.7 Å². The number of carboxylic acid groups (broad SMARTS) is 1. The average Bonchev–Trinajstić information content (AvgIpc) is 2.70. The lowest BCUT2D eigenvalue weighted by atomic mass is 10.2. The third-order valence-corrected chi connectivity index (χ3v) is 3.59. The summed E-state index contributed by atoms with van der Waals surface area (Å²) in [6.45, 7) is 1.85. The van der Waals surface area contributed by atoms with Gasteiger partial charge in [0.15, 0.2) is 6.61 Å². The zero-order valence-electron chi connectivity index (χ0n) is 15.4. The van der Waals surface area contributed by atoms with Gasteiger partial charge in [0.25, 0.3) is 5.91 Å². The van der Waals surface area contributed by atoms with Gasteiger partial charge in [0.2, 0.25) is 5.91 Å². The maximum absolute atomic E-state index is 12.3. The second kappa shape index (κ2) is 10.6. The highest BCUT2D eigenvalue weighted by molar-refractivity contribution is 5.98. The number of benzene rings is 2. The lowest BCUT2D eigenvalue weighted by Gasteiger charge is -2.11. The summed E-state index contributed by atoms with van der Waals surface area (Å²) in [6.07, 6.45) is 0. The molecule has 0 bridgehead atoms. The smallest absolute Gasteiger partial charge is 0.341 e. The number of carbonyl (C=O) groups excluding carboxylic acids is 2. The van der Waals surface area contributed by atoms with Crippen LogP contribution in [0.2, 0.25) is 0 Å². The summed E-state index contributed by atoms with van der Waals surface area (Å²) in [5.41, 5.74) is 1.10. The second-order valence-electron chi connectivity index (χ2n) is 5.72. The van der Waals surface area contributed by atoms with Crippen molar-refractivity contribution in [1.29, 1.82) is 0 Å². The van der Waals surface area contributed by atoms with Crippen LogP contribution in [0.3, 0.4) is 0 Å². The molecule has 0 aliphatic carbocycles. The molecule has 2 rings (SSSR count). The third-order valence-electron chi connectivity index (χ3n) is 3.59. The van der Waals surface area contributed by atoms with E-state index in [0.717, 1.165) is 5.56 Å². The fourth-order valence-electron chi connectivity index (χ4n) is 2.34. The molecule has 148 valence electrons. The number of hydrogen-bond donors (Lipinski definition) is 3. The predicted molar refractivity (Wildman–Crippen MR) is 101 cm³/mol. The van der Waals surface area contributed by atoms with E-state index in [1.54, 1.807) is 48.5 Å². The van der Waals surface area contributed by atoms with Gasteiger partial charge in [-0.1, -0.05) is 24.3 Å². The van der Waals surface area contributed by atoms with Crippen LogP contribution in [-0.4, -0.2) is 42.6 Å². The molecule has 8 nitrogen and oxygen atoms in total. The van der Waals surface area contributed by atoms with Gasteiger partial charge in [-0.15, -0.1) is 0 Å². The van der Waals surface area contributed by atoms with Gasteiger partial charge in [0.05, 0.1) is 18.7 Å². The van der Waals surface area contributed by atoms with Crippen LogP contribution in [0, 0.1) is 0 Å². The average molecular weight is 386 g/mol. The van der Waals surface area contributed by atoms with Crippen LogP contribution in [0.4, 0.5) is 0 Å². The normalized spacial score (nSPS) is 10.0. The van der Waals surface area contributed by atoms with Crippen molar-refractivity contribution < 1.29 is 29.0 Å². The number of ether oxygens (including phenoxy) is 2. The molecule has 0 atom stereocenters. The molecule has 2 aromatic rings. The molecule has 0 aliphatic heterocycles. The van der Waals surface area contributed by atoms with Gasteiger partial charge in [0, 0.05) is 6.54 Å². The molecular weight excluding hydrogens is 364 g/mol. The Morgan fingerprint density at radius 2 is 1.79 bits per heavy atom. The maximum Gasteiger partial charge on any atom is 0.341 e. The van der Waals surface area contributed by atoms with Crippen LogP contribution in [-0.2, 0) is 16.1 Å². The highest BCUT2D eigenvalue weighted by Gasteiger charge is 2.13. The van der Waals surface area contributed by atoms with Crippen LogP contribution >= 0.6 is 0 Å². The first-order chi connectivity index (χ1) is 13.5. The van der Waals surface area contributed by atoms with Crippen molar-refractivity contribution in [2.45, 2.75) is 13.5 Å². The fraction of sp³-hybridized carbons (Fsp3) is 0.250. The van der Waals surface area contributed by atoms with Gasteiger partial charge in [0.1, 0.15) is 11.5 Å². The van der Waals surface area contributed by atoms with Crippen LogP contribution in [0.1, 0.15) is 22.8 Å². The number of carbonyl (C=O) groups is 3. The number of hydrogen-bond acceptors (Lipinski definition) is 5. The third kappa shape index (κ3) is 6.64. The topological polar surface area (TPSA) is 114 Å². The van der Waals surface area contributed by atoms with Gasteiger partial charge >= 0.3 is 5.97 Å². The van der Waals surface area contributed by atoms with Crippen molar-refractivity contribution in [2.24, 2.45) is 0 Å². The Labute approximate surface area is 162 Å². The van der Waals surface area contributed by atoms with Crippen molar-refractivity contribution in [1.82, 2.24) is 10.6 Å². The van der Waals surface area contributed by atoms with Crippen LogP contribution in [0.25, 0.3) is 0 Å². The number of amides is 2. The minimum Gasteiger partial charge on any atom is -0.493 e. The van der Waals surface area contributed by atoms with Gasteiger partial charge < -0.3 is 25.2 Å².